The second-order valence-corrected chi connectivity index (χ2v) is 2.78. The van der Waals surface area contributed by atoms with Crippen LogP contribution in [0.4, 0.5) is 5.69 Å². The van der Waals surface area contributed by atoms with Gasteiger partial charge in [-0.3, -0.25) is 4.99 Å². The summed E-state index contributed by atoms with van der Waals surface area (Å²) in [6, 6.07) is 7.85. The molecule has 66 valence electrons. The van der Waals surface area contributed by atoms with Crippen molar-refractivity contribution in [1.29, 1.82) is 0 Å². The van der Waals surface area contributed by atoms with Crippen LogP contribution < -0.4 is 5.32 Å². The highest BCUT2D eigenvalue weighted by Crippen LogP contribution is 2.16. The van der Waals surface area contributed by atoms with E-state index in [0.29, 0.717) is 5.70 Å². The number of anilines is 1. The Hall–Kier alpha value is -1.61. The summed E-state index contributed by atoms with van der Waals surface area (Å²) < 4.78 is 0. The number of hydrogen-bond donors (Lipinski definition) is 2. The van der Waals surface area contributed by atoms with E-state index >= 15 is 0 Å². The van der Waals surface area contributed by atoms with E-state index in [-0.39, 0.29) is 6.61 Å². The third-order valence-corrected chi connectivity index (χ3v) is 1.89. The van der Waals surface area contributed by atoms with Crippen molar-refractivity contribution in [2.75, 3.05) is 11.9 Å². The van der Waals surface area contributed by atoms with Crippen LogP contribution in [0.5, 0.6) is 0 Å². The Bertz CT molecular complexity index is 369. The van der Waals surface area contributed by atoms with E-state index in [2.05, 4.69) is 10.3 Å². The molecule has 1 heterocycles. The van der Waals surface area contributed by atoms with E-state index in [0.717, 1.165) is 11.3 Å². The highest BCUT2D eigenvalue weighted by Gasteiger charge is 2.01. The SMILES string of the molecule is OCC1=CNc2ccccc2C=N1. The molecule has 3 nitrogen and oxygen atoms in total. The van der Waals surface area contributed by atoms with Crippen molar-refractivity contribution in [2.45, 2.75) is 0 Å². The second-order valence-electron chi connectivity index (χ2n) is 2.78. The second kappa shape index (κ2) is 3.41. The number of para-hydroxylation sites is 1. The predicted octanol–water partition coefficient (Wildman–Crippen LogP) is 1.36. The molecule has 0 bridgehead atoms. The summed E-state index contributed by atoms with van der Waals surface area (Å²) in [5.41, 5.74) is 2.67. The summed E-state index contributed by atoms with van der Waals surface area (Å²) in [5, 5.41) is 12.0. The van der Waals surface area contributed by atoms with Crippen molar-refractivity contribution in [1.82, 2.24) is 0 Å². The summed E-state index contributed by atoms with van der Waals surface area (Å²) >= 11 is 0. The number of nitrogens with one attached hydrogen (secondary N) is 1. The molecule has 0 spiro atoms. The van der Waals surface area contributed by atoms with E-state index < -0.39 is 0 Å². The number of benzene rings is 1. The molecule has 0 saturated heterocycles. The lowest BCUT2D eigenvalue weighted by atomic mass is 10.2. The fourth-order valence-electron chi connectivity index (χ4n) is 1.18. The average Bonchev–Trinajstić information content (AvgIpc) is 2.39. The molecule has 0 radical (unpaired) electrons. The number of aliphatic hydroxyl groups excluding tert-OH is 1. The van der Waals surface area contributed by atoms with Crippen LogP contribution in [-0.2, 0) is 0 Å². The summed E-state index contributed by atoms with van der Waals surface area (Å²) in [4.78, 5) is 4.11. The zero-order valence-corrected chi connectivity index (χ0v) is 7.07. The highest BCUT2D eigenvalue weighted by atomic mass is 16.3. The van der Waals surface area contributed by atoms with Crippen LogP contribution in [0.25, 0.3) is 0 Å². The van der Waals surface area contributed by atoms with Crippen molar-refractivity contribution in [3.8, 4) is 0 Å². The van der Waals surface area contributed by atoms with Crippen molar-refractivity contribution >= 4 is 11.9 Å². The van der Waals surface area contributed by atoms with E-state index in [1.54, 1.807) is 12.4 Å². The smallest absolute Gasteiger partial charge is 0.0867 e. The van der Waals surface area contributed by atoms with E-state index in [1.165, 1.54) is 0 Å². The number of fused-ring (bicyclic) bond motifs is 1. The summed E-state index contributed by atoms with van der Waals surface area (Å²) in [6.45, 7) is -0.0442. The molecular formula is C10H10N2O. The predicted molar refractivity (Wildman–Crippen MR) is 52.8 cm³/mol. The van der Waals surface area contributed by atoms with Gasteiger partial charge in [-0.05, 0) is 6.07 Å². The van der Waals surface area contributed by atoms with Crippen LogP contribution in [0.15, 0.2) is 41.2 Å². The van der Waals surface area contributed by atoms with Gasteiger partial charge in [0.05, 0.1) is 12.3 Å². The Kier molecular flexibility index (Phi) is 2.10. The molecule has 0 unspecified atom stereocenters. The molecule has 1 aliphatic rings. The topological polar surface area (TPSA) is 44.6 Å². The van der Waals surface area contributed by atoms with Gasteiger partial charge in [0.1, 0.15) is 0 Å². The van der Waals surface area contributed by atoms with Gasteiger partial charge < -0.3 is 10.4 Å². The van der Waals surface area contributed by atoms with Crippen LogP contribution >= 0.6 is 0 Å². The molecule has 1 aliphatic heterocycles. The molecule has 0 saturated carbocycles. The Morgan fingerprint density at radius 2 is 2.15 bits per heavy atom. The van der Waals surface area contributed by atoms with Crippen molar-refractivity contribution in [2.24, 2.45) is 4.99 Å². The van der Waals surface area contributed by atoms with Gasteiger partial charge in [-0.2, -0.15) is 0 Å². The summed E-state index contributed by atoms with van der Waals surface area (Å²) in [6.07, 6.45) is 3.46. The molecule has 1 aromatic carbocycles. The van der Waals surface area contributed by atoms with Crippen LogP contribution in [-0.4, -0.2) is 17.9 Å². The van der Waals surface area contributed by atoms with Gasteiger partial charge in [-0.15, -0.1) is 0 Å². The maximum Gasteiger partial charge on any atom is 0.0867 e. The maximum atomic E-state index is 8.87. The van der Waals surface area contributed by atoms with Crippen molar-refractivity contribution < 1.29 is 5.11 Å². The van der Waals surface area contributed by atoms with Crippen molar-refractivity contribution in [3.05, 3.63) is 41.7 Å². The fraction of sp³-hybridized carbons (Fsp3) is 0.100. The zero-order chi connectivity index (χ0) is 9.10. The molecule has 0 aliphatic carbocycles. The number of aliphatic hydroxyl groups is 1. The lowest BCUT2D eigenvalue weighted by molar-refractivity contribution is 0.330. The summed E-state index contributed by atoms with van der Waals surface area (Å²) in [5.74, 6) is 0. The first-order valence-electron chi connectivity index (χ1n) is 4.09. The third kappa shape index (κ3) is 1.60. The van der Waals surface area contributed by atoms with Crippen LogP contribution in [0.3, 0.4) is 0 Å². The Labute approximate surface area is 76.4 Å². The molecule has 13 heavy (non-hydrogen) atoms. The zero-order valence-electron chi connectivity index (χ0n) is 7.07. The Morgan fingerprint density at radius 1 is 1.31 bits per heavy atom. The average molecular weight is 174 g/mol. The largest absolute Gasteiger partial charge is 0.390 e. The molecule has 2 rings (SSSR count). The minimum atomic E-state index is -0.0442. The van der Waals surface area contributed by atoms with Gasteiger partial charge in [0, 0.05) is 23.7 Å². The maximum absolute atomic E-state index is 8.87. The van der Waals surface area contributed by atoms with Gasteiger partial charge in [0.25, 0.3) is 0 Å². The molecule has 0 atom stereocenters. The van der Waals surface area contributed by atoms with Crippen LogP contribution in [0.1, 0.15) is 5.56 Å². The van der Waals surface area contributed by atoms with Gasteiger partial charge in [0.2, 0.25) is 0 Å². The minimum Gasteiger partial charge on any atom is -0.390 e. The molecule has 0 aromatic heterocycles. The lowest BCUT2D eigenvalue weighted by Crippen LogP contribution is -1.92. The van der Waals surface area contributed by atoms with Gasteiger partial charge in [-0.25, -0.2) is 0 Å². The molecule has 1 aromatic rings. The van der Waals surface area contributed by atoms with Crippen LogP contribution in [0, 0.1) is 0 Å². The number of rotatable bonds is 1. The van der Waals surface area contributed by atoms with Gasteiger partial charge in [0.15, 0.2) is 0 Å². The first-order valence-corrected chi connectivity index (χ1v) is 4.09. The Morgan fingerprint density at radius 3 is 3.00 bits per heavy atom. The molecule has 2 N–H and O–H groups in total. The first-order chi connectivity index (χ1) is 6.40. The monoisotopic (exact) mass is 174 g/mol. The number of nitrogens with zero attached hydrogens (tertiary/aromatic N) is 1. The molecular weight excluding hydrogens is 164 g/mol. The van der Waals surface area contributed by atoms with Crippen molar-refractivity contribution in [3.63, 3.8) is 0 Å². The normalized spacial score (nSPS) is 14.1. The molecule has 0 fully saturated rings. The Balaban J connectivity index is 2.39. The molecule has 0 amide bonds. The standard InChI is InChI=1S/C10H10N2O/c13-7-9-6-12-10-4-2-1-3-8(10)5-11-9/h1-6,12-13H,7H2. The van der Waals surface area contributed by atoms with E-state index in [1.807, 2.05) is 24.3 Å². The van der Waals surface area contributed by atoms with E-state index in [4.69, 9.17) is 5.11 Å². The fourth-order valence-corrected chi connectivity index (χ4v) is 1.18. The first kappa shape index (κ1) is 8.01. The third-order valence-electron chi connectivity index (χ3n) is 1.89. The quantitative estimate of drug-likeness (QED) is 0.675. The van der Waals surface area contributed by atoms with Gasteiger partial charge in [-0.1, -0.05) is 18.2 Å². The highest BCUT2D eigenvalue weighted by molar-refractivity contribution is 5.89. The minimum absolute atomic E-state index is 0.0442. The van der Waals surface area contributed by atoms with Crippen LogP contribution in [0.2, 0.25) is 0 Å². The van der Waals surface area contributed by atoms with Gasteiger partial charge >= 0.3 is 0 Å². The molecule has 3 heteroatoms. The van der Waals surface area contributed by atoms with E-state index in [9.17, 15) is 0 Å². The number of aliphatic imine (C=N–C) groups is 1. The number of hydrogen-bond acceptors (Lipinski definition) is 3. The summed E-state index contributed by atoms with van der Waals surface area (Å²) in [7, 11) is 0. The lowest BCUT2D eigenvalue weighted by Gasteiger charge is -2.01.